The van der Waals surface area contributed by atoms with Gasteiger partial charge in [0.1, 0.15) is 6.54 Å². The lowest BCUT2D eigenvalue weighted by molar-refractivity contribution is -0.384. The van der Waals surface area contributed by atoms with Gasteiger partial charge in [0.25, 0.3) is 11.6 Å². The highest BCUT2D eigenvalue weighted by atomic mass is 16.6. The molecule has 0 radical (unpaired) electrons. The summed E-state index contributed by atoms with van der Waals surface area (Å²) in [6.45, 7) is 3.31. The first-order valence-corrected chi connectivity index (χ1v) is 6.68. The lowest BCUT2D eigenvalue weighted by atomic mass is 10.0. The molecule has 8 nitrogen and oxygen atoms in total. The molecule has 0 bridgehead atoms. The van der Waals surface area contributed by atoms with Gasteiger partial charge in [-0.1, -0.05) is 13.8 Å². The van der Waals surface area contributed by atoms with E-state index in [4.69, 9.17) is 4.74 Å². The van der Waals surface area contributed by atoms with Crippen molar-refractivity contribution in [1.82, 2.24) is 0 Å². The molecule has 1 amide bonds. The number of fused-ring (bicyclic) bond motifs is 1. The van der Waals surface area contributed by atoms with E-state index < -0.39 is 17.0 Å². The molecule has 22 heavy (non-hydrogen) atoms. The van der Waals surface area contributed by atoms with Gasteiger partial charge in [0.15, 0.2) is 11.9 Å². The molecule has 2 rings (SSSR count). The molecule has 1 aromatic rings. The first-order valence-electron chi connectivity index (χ1n) is 6.68. The highest BCUT2D eigenvalue weighted by molar-refractivity contribution is 6.03. The Morgan fingerprint density at radius 2 is 2.18 bits per heavy atom. The Balaban J connectivity index is 2.47. The lowest BCUT2D eigenvalue weighted by Gasteiger charge is -2.35. The van der Waals surface area contributed by atoms with Gasteiger partial charge in [0.05, 0.1) is 23.8 Å². The molecule has 1 aromatic carbocycles. The summed E-state index contributed by atoms with van der Waals surface area (Å²) in [6.07, 6.45) is -0.806. The van der Waals surface area contributed by atoms with Crippen molar-refractivity contribution in [3.63, 3.8) is 0 Å². The average molecular weight is 308 g/mol. The molecule has 0 aromatic heterocycles. The number of rotatable bonds is 4. The zero-order valence-corrected chi connectivity index (χ0v) is 12.4. The van der Waals surface area contributed by atoms with E-state index in [-0.39, 0.29) is 29.8 Å². The smallest absolute Gasteiger partial charge is 0.325 e. The first kappa shape index (κ1) is 15.7. The molecule has 0 saturated carbocycles. The third-order valence-electron chi connectivity index (χ3n) is 3.33. The zero-order chi connectivity index (χ0) is 16.4. The minimum absolute atomic E-state index is 0.145. The monoisotopic (exact) mass is 308 g/mol. The Labute approximate surface area is 126 Å². The molecule has 0 aliphatic carbocycles. The SMILES string of the molecule is COC(=O)CN1C(=O)C(C(C)C)Oc2cc([N+](=O)[O-])ccc21. The molecule has 0 N–H and O–H groups in total. The summed E-state index contributed by atoms with van der Waals surface area (Å²) < 4.78 is 10.2. The number of nitrogens with zero attached hydrogens (tertiary/aromatic N) is 2. The maximum Gasteiger partial charge on any atom is 0.325 e. The van der Waals surface area contributed by atoms with E-state index in [0.29, 0.717) is 5.69 Å². The molecular formula is C14H16N2O6. The van der Waals surface area contributed by atoms with Gasteiger partial charge in [-0.2, -0.15) is 0 Å². The number of methoxy groups -OCH3 is 1. The van der Waals surface area contributed by atoms with E-state index in [9.17, 15) is 19.7 Å². The minimum Gasteiger partial charge on any atom is -0.478 e. The van der Waals surface area contributed by atoms with Crippen LogP contribution in [0.5, 0.6) is 5.75 Å². The van der Waals surface area contributed by atoms with Gasteiger partial charge in [0.2, 0.25) is 0 Å². The molecule has 1 aliphatic heterocycles. The number of hydrogen-bond acceptors (Lipinski definition) is 6. The van der Waals surface area contributed by atoms with Crippen molar-refractivity contribution in [3.8, 4) is 5.75 Å². The molecule has 1 heterocycles. The van der Waals surface area contributed by atoms with Crippen molar-refractivity contribution in [2.45, 2.75) is 20.0 Å². The number of carbonyl (C=O) groups excluding carboxylic acids is 2. The number of amides is 1. The van der Waals surface area contributed by atoms with Gasteiger partial charge >= 0.3 is 5.97 Å². The number of esters is 1. The van der Waals surface area contributed by atoms with Crippen LogP contribution < -0.4 is 9.64 Å². The Morgan fingerprint density at radius 3 is 2.73 bits per heavy atom. The van der Waals surface area contributed by atoms with Crippen molar-refractivity contribution in [2.24, 2.45) is 5.92 Å². The summed E-state index contributed by atoms with van der Waals surface area (Å²) in [5.74, 6) is -0.903. The van der Waals surface area contributed by atoms with Crippen LogP contribution in [0.25, 0.3) is 0 Å². The van der Waals surface area contributed by atoms with E-state index in [1.54, 1.807) is 13.8 Å². The van der Waals surface area contributed by atoms with Crippen molar-refractivity contribution in [1.29, 1.82) is 0 Å². The van der Waals surface area contributed by atoms with Gasteiger partial charge < -0.3 is 9.47 Å². The van der Waals surface area contributed by atoms with Gasteiger partial charge in [-0.25, -0.2) is 0 Å². The number of hydrogen-bond donors (Lipinski definition) is 0. The highest BCUT2D eigenvalue weighted by Gasteiger charge is 2.38. The van der Waals surface area contributed by atoms with Gasteiger partial charge in [0, 0.05) is 6.07 Å². The molecule has 1 atom stereocenters. The number of ether oxygens (including phenoxy) is 2. The molecule has 118 valence electrons. The quantitative estimate of drug-likeness (QED) is 0.475. The minimum atomic E-state index is -0.806. The predicted molar refractivity (Wildman–Crippen MR) is 76.7 cm³/mol. The van der Waals surface area contributed by atoms with Gasteiger partial charge in [-0.3, -0.25) is 24.6 Å². The molecule has 0 spiro atoms. The van der Waals surface area contributed by atoms with Crippen molar-refractivity contribution < 1.29 is 24.0 Å². The van der Waals surface area contributed by atoms with Crippen LogP contribution in [0.15, 0.2) is 18.2 Å². The van der Waals surface area contributed by atoms with E-state index in [2.05, 4.69) is 4.74 Å². The second-order valence-corrected chi connectivity index (χ2v) is 5.19. The van der Waals surface area contributed by atoms with E-state index in [0.717, 1.165) is 0 Å². The Kier molecular flexibility index (Phi) is 4.30. The van der Waals surface area contributed by atoms with Crippen LogP contribution in [0.1, 0.15) is 13.8 Å². The zero-order valence-electron chi connectivity index (χ0n) is 12.4. The fraction of sp³-hybridized carbons (Fsp3) is 0.429. The second-order valence-electron chi connectivity index (χ2n) is 5.19. The van der Waals surface area contributed by atoms with E-state index in [1.807, 2.05) is 0 Å². The normalized spacial score (nSPS) is 17.0. The number of nitro groups is 1. The summed E-state index contributed by atoms with van der Waals surface area (Å²) in [5.41, 5.74) is 0.173. The van der Waals surface area contributed by atoms with Gasteiger partial charge in [-0.05, 0) is 12.0 Å². The van der Waals surface area contributed by atoms with Crippen LogP contribution in [0.3, 0.4) is 0 Å². The number of anilines is 1. The number of benzene rings is 1. The third kappa shape index (κ3) is 2.85. The van der Waals surface area contributed by atoms with Crippen LogP contribution in [-0.2, 0) is 14.3 Å². The second kappa shape index (κ2) is 6.00. The average Bonchev–Trinajstić information content (AvgIpc) is 2.48. The van der Waals surface area contributed by atoms with Crippen molar-refractivity contribution >= 4 is 23.3 Å². The number of non-ortho nitro benzene ring substituents is 1. The fourth-order valence-electron chi connectivity index (χ4n) is 2.17. The van der Waals surface area contributed by atoms with Crippen LogP contribution in [0.4, 0.5) is 11.4 Å². The largest absolute Gasteiger partial charge is 0.478 e. The summed E-state index contributed by atoms with van der Waals surface area (Å²) in [5, 5.41) is 10.9. The topological polar surface area (TPSA) is 99.0 Å². The summed E-state index contributed by atoms with van der Waals surface area (Å²) in [4.78, 5) is 35.5. The Hall–Kier alpha value is -2.64. The molecule has 8 heteroatoms. The van der Waals surface area contributed by atoms with Crippen molar-refractivity contribution in [2.75, 3.05) is 18.6 Å². The maximum atomic E-state index is 12.5. The molecule has 0 fully saturated rings. The molecule has 1 unspecified atom stereocenters. The van der Waals surface area contributed by atoms with Crippen LogP contribution >= 0.6 is 0 Å². The summed E-state index contributed by atoms with van der Waals surface area (Å²) in [7, 11) is 1.23. The Morgan fingerprint density at radius 1 is 1.50 bits per heavy atom. The third-order valence-corrected chi connectivity index (χ3v) is 3.33. The summed E-state index contributed by atoms with van der Waals surface area (Å²) >= 11 is 0. The van der Waals surface area contributed by atoms with Crippen LogP contribution in [0, 0.1) is 16.0 Å². The van der Waals surface area contributed by atoms with E-state index in [1.165, 1.54) is 30.2 Å². The standard InChI is InChI=1S/C14H16N2O6/c1-8(2)13-14(18)15(7-12(17)21-3)10-5-4-9(16(19)20)6-11(10)22-13/h4-6,8,13H,7H2,1-3H3. The van der Waals surface area contributed by atoms with Crippen LogP contribution in [0.2, 0.25) is 0 Å². The first-order chi connectivity index (χ1) is 10.3. The molecule has 1 aliphatic rings. The number of carbonyl (C=O) groups is 2. The van der Waals surface area contributed by atoms with Crippen molar-refractivity contribution in [3.05, 3.63) is 28.3 Å². The predicted octanol–water partition coefficient (Wildman–Crippen LogP) is 1.52. The maximum absolute atomic E-state index is 12.5. The molecular weight excluding hydrogens is 292 g/mol. The van der Waals surface area contributed by atoms with Gasteiger partial charge in [-0.15, -0.1) is 0 Å². The number of nitro benzene ring substituents is 1. The van der Waals surface area contributed by atoms with E-state index >= 15 is 0 Å². The fourth-order valence-corrected chi connectivity index (χ4v) is 2.17. The Bertz CT molecular complexity index is 628. The summed E-state index contributed by atoms with van der Waals surface area (Å²) in [6, 6.07) is 3.90. The van der Waals surface area contributed by atoms with Crippen LogP contribution in [-0.4, -0.2) is 36.6 Å². The molecule has 0 saturated heterocycles. The lowest BCUT2D eigenvalue weighted by Crippen LogP contribution is -2.50. The highest BCUT2D eigenvalue weighted by Crippen LogP contribution is 2.38.